The molecule has 3 aromatic rings. The largest absolute Gasteiger partial charge is 0.495 e. The molecule has 0 aliphatic carbocycles. The van der Waals surface area contributed by atoms with Crippen molar-refractivity contribution < 1.29 is 18.7 Å². The molecule has 3 rings (SSSR count). The summed E-state index contributed by atoms with van der Waals surface area (Å²) in [6.07, 6.45) is 1.69. The van der Waals surface area contributed by atoms with Crippen LogP contribution < -0.4 is 14.8 Å². The number of nitrogens with one attached hydrogen (secondary N) is 1. The standard InChI is InChI=1S/C21H21FN4O3S/c1-3-12-26-19(13-29-17-10-6-4-8-15(17)22)24-25-21(26)30-14-20(27)23-16-9-5-7-11-18(16)28-2/h3-11H,1,12-14H2,2H3,(H,23,27). The number of hydrogen-bond acceptors (Lipinski definition) is 6. The summed E-state index contributed by atoms with van der Waals surface area (Å²) >= 11 is 1.23. The van der Waals surface area contributed by atoms with Gasteiger partial charge in [-0.1, -0.05) is 42.1 Å². The van der Waals surface area contributed by atoms with Crippen molar-refractivity contribution in [2.45, 2.75) is 18.3 Å². The number of aromatic nitrogens is 3. The molecule has 0 atom stereocenters. The SMILES string of the molecule is C=CCn1c(COc2ccccc2F)nnc1SCC(=O)Nc1ccccc1OC. The molecule has 0 saturated heterocycles. The highest BCUT2D eigenvalue weighted by Gasteiger charge is 2.15. The molecule has 0 bridgehead atoms. The van der Waals surface area contributed by atoms with Crippen molar-refractivity contribution in [2.75, 3.05) is 18.2 Å². The molecule has 0 spiro atoms. The van der Waals surface area contributed by atoms with Crippen LogP contribution in [0.1, 0.15) is 5.82 Å². The minimum absolute atomic E-state index is 0.0374. The van der Waals surface area contributed by atoms with E-state index in [1.807, 2.05) is 12.1 Å². The number of nitrogens with zero attached hydrogens (tertiary/aromatic N) is 3. The van der Waals surface area contributed by atoms with Crippen molar-refractivity contribution in [1.29, 1.82) is 0 Å². The average molecular weight is 428 g/mol. The van der Waals surface area contributed by atoms with Gasteiger partial charge < -0.3 is 14.8 Å². The zero-order valence-corrected chi connectivity index (χ0v) is 17.2. The summed E-state index contributed by atoms with van der Waals surface area (Å²) in [7, 11) is 1.54. The lowest BCUT2D eigenvalue weighted by Crippen LogP contribution is -2.15. The Bertz CT molecular complexity index is 1020. The van der Waals surface area contributed by atoms with Gasteiger partial charge in [0.2, 0.25) is 5.91 Å². The molecule has 0 fully saturated rings. The van der Waals surface area contributed by atoms with Gasteiger partial charge in [0.05, 0.1) is 18.6 Å². The Balaban J connectivity index is 1.63. The molecule has 9 heteroatoms. The first-order valence-electron chi connectivity index (χ1n) is 9.08. The summed E-state index contributed by atoms with van der Waals surface area (Å²) in [6.45, 7) is 4.21. The summed E-state index contributed by atoms with van der Waals surface area (Å²) in [5.74, 6) is 0.693. The van der Waals surface area contributed by atoms with Crippen LogP contribution >= 0.6 is 11.8 Å². The molecular formula is C21H21FN4O3S. The van der Waals surface area contributed by atoms with E-state index in [0.717, 1.165) is 0 Å². The third-order valence-corrected chi connectivity index (χ3v) is 4.98. The number of carbonyl (C=O) groups excluding carboxylic acids is 1. The van der Waals surface area contributed by atoms with Crippen LogP contribution in [0.4, 0.5) is 10.1 Å². The number of thioether (sulfide) groups is 1. The summed E-state index contributed by atoms with van der Waals surface area (Å²) in [4.78, 5) is 12.3. The predicted molar refractivity (Wildman–Crippen MR) is 113 cm³/mol. The quantitative estimate of drug-likeness (QED) is 0.390. The molecule has 2 aromatic carbocycles. The number of allylic oxidation sites excluding steroid dienone is 1. The number of methoxy groups -OCH3 is 1. The van der Waals surface area contributed by atoms with Crippen molar-refractivity contribution in [3.05, 3.63) is 72.8 Å². The monoisotopic (exact) mass is 428 g/mol. The molecule has 0 radical (unpaired) electrons. The Labute approximate surface area is 177 Å². The van der Waals surface area contributed by atoms with E-state index in [0.29, 0.717) is 29.0 Å². The molecule has 0 unspecified atom stereocenters. The van der Waals surface area contributed by atoms with E-state index < -0.39 is 5.82 Å². The predicted octanol–water partition coefficient (Wildman–Crippen LogP) is 3.92. The van der Waals surface area contributed by atoms with E-state index in [9.17, 15) is 9.18 Å². The maximum Gasteiger partial charge on any atom is 0.234 e. The smallest absolute Gasteiger partial charge is 0.234 e. The van der Waals surface area contributed by atoms with E-state index in [4.69, 9.17) is 9.47 Å². The van der Waals surface area contributed by atoms with Crippen molar-refractivity contribution in [2.24, 2.45) is 0 Å². The Morgan fingerprint density at radius 2 is 1.93 bits per heavy atom. The summed E-state index contributed by atoms with van der Waals surface area (Å²) < 4.78 is 26.3. The fourth-order valence-corrected chi connectivity index (χ4v) is 3.38. The number of ether oxygens (including phenoxy) is 2. The van der Waals surface area contributed by atoms with Crippen LogP contribution in [0.3, 0.4) is 0 Å². The van der Waals surface area contributed by atoms with Gasteiger partial charge in [0.25, 0.3) is 0 Å². The van der Waals surface area contributed by atoms with Crippen LogP contribution in [0.15, 0.2) is 66.3 Å². The van der Waals surface area contributed by atoms with Gasteiger partial charge in [-0.2, -0.15) is 0 Å². The summed E-state index contributed by atoms with van der Waals surface area (Å²) in [6, 6.07) is 13.3. The number of para-hydroxylation sites is 3. The fraction of sp³-hybridized carbons (Fsp3) is 0.190. The van der Waals surface area contributed by atoms with Crippen molar-refractivity contribution in [3.63, 3.8) is 0 Å². The van der Waals surface area contributed by atoms with Gasteiger partial charge in [0, 0.05) is 6.54 Å². The molecule has 1 N–H and O–H groups in total. The molecule has 0 aliphatic heterocycles. The lowest BCUT2D eigenvalue weighted by atomic mass is 10.3. The summed E-state index contributed by atoms with van der Waals surface area (Å²) in [5, 5.41) is 11.6. The fourth-order valence-electron chi connectivity index (χ4n) is 2.61. The molecule has 30 heavy (non-hydrogen) atoms. The van der Waals surface area contributed by atoms with Gasteiger partial charge in [-0.25, -0.2) is 4.39 Å². The molecule has 1 amide bonds. The molecular weight excluding hydrogens is 407 g/mol. The number of rotatable bonds is 10. The van der Waals surface area contributed by atoms with Crippen molar-refractivity contribution in [3.8, 4) is 11.5 Å². The molecule has 0 saturated carbocycles. The van der Waals surface area contributed by atoms with Gasteiger partial charge >= 0.3 is 0 Å². The number of benzene rings is 2. The Hall–Kier alpha value is -3.33. The first kappa shape index (κ1) is 21.4. The average Bonchev–Trinajstić information content (AvgIpc) is 3.14. The molecule has 1 heterocycles. The Morgan fingerprint density at radius 3 is 2.67 bits per heavy atom. The first-order valence-corrected chi connectivity index (χ1v) is 10.1. The zero-order chi connectivity index (χ0) is 21.3. The van der Waals surface area contributed by atoms with Gasteiger partial charge in [0.1, 0.15) is 12.4 Å². The maximum atomic E-state index is 13.7. The van der Waals surface area contributed by atoms with Gasteiger partial charge in [-0.15, -0.1) is 16.8 Å². The highest BCUT2D eigenvalue weighted by Crippen LogP contribution is 2.24. The van der Waals surface area contributed by atoms with E-state index in [1.54, 1.807) is 48.1 Å². The normalized spacial score (nSPS) is 10.5. The van der Waals surface area contributed by atoms with Crippen LogP contribution in [-0.4, -0.2) is 33.5 Å². The highest BCUT2D eigenvalue weighted by atomic mass is 32.2. The second-order valence-electron chi connectivity index (χ2n) is 6.05. The van der Waals surface area contributed by atoms with Crippen LogP contribution in [0.2, 0.25) is 0 Å². The first-order chi connectivity index (χ1) is 14.6. The lowest BCUT2D eigenvalue weighted by Gasteiger charge is -2.11. The van der Waals surface area contributed by atoms with E-state index in [1.165, 1.54) is 17.8 Å². The van der Waals surface area contributed by atoms with Crippen LogP contribution in [0.5, 0.6) is 11.5 Å². The Kier molecular flexibility index (Phi) is 7.45. The summed E-state index contributed by atoms with van der Waals surface area (Å²) in [5.41, 5.74) is 0.595. The number of carbonyl (C=O) groups is 1. The topological polar surface area (TPSA) is 78.3 Å². The number of hydrogen-bond donors (Lipinski definition) is 1. The number of amides is 1. The van der Waals surface area contributed by atoms with Crippen molar-refractivity contribution >= 4 is 23.4 Å². The Morgan fingerprint density at radius 1 is 1.20 bits per heavy atom. The van der Waals surface area contributed by atoms with E-state index in [-0.39, 0.29) is 24.0 Å². The minimum Gasteiger partial charge on any atom is -0.495 e. The second-order valence-corrected chi connectivity index (χ2v) is 7.00. The molecule has 1 aromatic heterocycles. The number of halogens is 1. The molecule has 156 valence electrons. The third kappa shape index (κ3) is 5.38. The molecule has 7 nitrogen and oxygen atoms in total. The lowest BCUT2D eigenvalue weighted by molar-refractivity contribution is -0.113. The number of anilines is 1. The highest BCUT2D eigenvalue weighted by molar-refractivity contribution is 7.99. The van der Waals surface area contributed by atoms with Gasteiger partial charge in [-0.05, 0) is 24.3 Å². The van der Waals surface area contributed by atoms with Crippen LogP contribution in [-0.2, 0) is 17.9 Å². The van der Waals surface area contributed by atoms with Gasteiger partial charge in [-0.3, -0.25) is 9.36 Å². The maximum absolute atomic E-state index is 13.7. The minimum atomic E-state index is -0.449. The van der Waals surface area contributed by atoms with E-state index >= 15 is 0 Å². The van der Waals surface area contributed by atoms with Gasteiger partial charge in [0.15, 0.2) is 22.5 Å². The van der Waals surface area contributed by atoms with Crippen LogP contribution in [0, 0.1) is 5.82 Å². The second kappa shape index (κ2) is 10.4. The molecule has 0 aliphatic rings. The zero-order valence-electron chi connectivity index (χ0n) is 16.4. The van der Waals surface area contributed by atoms with Crippen LogP contribution in [0.25, 0.3) is 0 Å². The van der Waals surface area contributed by atoms with E-state index in [2.05, 4.69) is 22.1 Å². The van der Waals surface area contributed by atoms with Crippen molar-refractivity contribution in [1.82, 2.24) is 14.8 Å². The third-order valence-electron chi connectivity index (χ3n) is 4.01.